The van der Waals surface area contributed by atoms with E-state index in [1.54, 1.807) is 12.5 Å². The number of rotatable bonds is 3. The predicted molar refractivity (Wildman–Crippen MR) is 68.0 cm³/mol. The van der Waals surface area contributed by atoms with E-state index >= 15 is 0 Å². The van der Waals surface area contributed by atoms with E-state index in [9.17, 15) is 5.11 Å². The van der Waals surface area contributed by atoms with Gasteiger partial charge in [-0.3, -0.25) is 0 Å². The molecule has 2 heteroatoms. The summed E-state index contributed by atoms with van der Waals surface area (Å²) in [5, 5.41) is 10.1. The molecular weight excluding hydrogens is 212 g/mol. The Labute approximate surface area is 102 Å². The van der Waals surface area contributed by atoms with Crippen LogP contribution < -0.4 is 0 Å². The van der Waals surface area contributed by atoms with Crippen molar-refractivity contribution >= 4 is 0 Å². The Bertz CT molecular complexity index is 475. The number of furan rings is 1. The molecular formula is C15H18O2. The Morgan fingerprint density at radius 3 is 2.35 bits per heavy atom. The van der Waals surface area contributed by atoms with Crippen molar-refractivity contribution in [2.75, 3.05) is 0 Å². The molecule has 0 saturated carbocycles. The molecule has 0 aliphatic rings. The van der Waals surface area contributed by atoms with Gasteiger partial charge >= 0.3 is 0 Å². The number of hydrogen-bond acceptors (Lipinski definition) is 2. The SMILES string of the molecule is Cc1cc(C)c(CC(O)c2ccoc2)c(C)c1. The maximum Gasteiger partial charge on any atom is 0.0960 e. The highest BCUT2D eigenvalue weighted by atomic mass is 16.3. The smallest absolute Gasteiger partial charge is 0.0960 e. The van der Waals surface area contributed by atoms with Crippen LogP contribution >= 0.6 is 0 Å². The summed E-state index contributed by atoms with van der Waals surface area (Å²) in [5.74, 6) is 0. The molecule has 1 N–H and O–H groups in total. The largest absolute Gasteiger partial charge is 0.472 e. The molecule has 0 radical (unpaired) electrons. The lowest BCUT2D eigenvalue weighted by Gasteiger charge is -2.14. The van der Waals surface area contributed by atoms with E-state index in [4.69, 9.17) is 4.42 Å². The molecule has 0 spiro atoms. The van der Waals surface area contributed by atoms with Gasteiger partial charge in [-0.2, -0.15) is 0 Å². The van der Waals surface area contributed by atoms with E-state index in [0.717, 1.165) is 5.56 Å². The van der Waals surface area contributed by atoms with Gasteiger partial charge in [0.1, 0.15) is 0 Å². The molecule has 2 rings (SSSR count). The van der Waals surface area contributed by atoms with Gasteiger partial charge in [-0.1, -0.05) is 17.7 Å². The summed E-state index contributed by atoms with van der Waals surface area (Å²) in [4.78, 5) is 0. The molecule has 0 saturated heterocycles. The van der Waals surface area contributed by atoms with Crippen LogP contribution in [0.4, 0.5) is 0 Å². The minimum Gasteiger partial charge on any atom is -0.472 e. The topological polar surface area (TPSA) is 33.4 Å². The molecule has 2 aromatic rings. The molecule has 1 atom stereocenters. The van der Waals surface area contributed by atoms with Gasteiger partial charge in [-0.25, -0.2) is 0 Å². The normalized spacial score (nSPS) is 12.7. The Kier molecular flexibility index (Phi) is 3.34. The maximum atomic E-state index is 10.1. The summed E-state index contributed by atoms with van der Waals surface area (Å²) >= 11 is 0. The van der Waals surface area contributed by atoms with Crippen molar-refractivity contribution < 1.29 is 9.52 Å². The minimum absolute atomic E-state index is 0.492. The zero-order valence-corrected chi connectivity index (χ0v) is 10.5. The summed E-state index contributed by atoms with van der Waals surface area (Å²) in [5.41, 5.74) is 5.81. The number of hydrogen-bond donors (Lipinski definition) is 1. The second kappa shape index (κ2) is 4.76. The number of aliphatic hydroxyl groups excluding tert-OH is 1. The maximum absolute atomic E-state index is 10.1. The second-order valence-corrected chi connectivity index (χ2v) is 4.65. The molecule has 0 bridgehead atoms. The first-order chi connectivity index (χ1) is 8.08. The van der Waals surface area contributed by atoms with Crippen molar-refractivity contribution in [2.24, 2.45) is 0 Å². The van der Waals surface area contributed by atoms with Crippen LogP contribution in [0.25, 0.3) is 0 Å². The van der Waals surface area contributed by atoms with Gasteiger partial charge in [0, 0.05) is 12.0 Å². The number of aryl methyl sites for hydroxylation is 3. The van der Waals surface area contributed by atoms with Gasteiger partial charge in [0.25, 0.3) is 0 Å². The summed E-state index contributed by atoms with van der Waals surface area (Å²) in [7, 11) is 0. The van der Waals surface area contributed by atoms with E-state index in [0.29, 0.717) is 6.42 Å². The molecule has 0 fully saturated rings. The molecule has 1 aromatic carbocycles. The Morgan fingerprint density at radius 1 is 1.18 bits per heavy atom. The van der Waals surface area contributed by atoms with E-state index < -0.39 is 6.10 Å². The monoisotopic (exact) mass is 230 g/mol. The van der Waals surface area contributed by atoms with Crippen LogP contribution in [0.3, 0.4) is 0 Å². The molecule has 1 heterocycles. The second-order valence-electron chi connectivity index (χ2n) is 4.65. The highest BCUT2D eigenvalue weighted by molar-refractivity contribution is 5.38. The fourth-order valence-corrected chi connectivity index (χ4v) is 2.31. The number of benzene rings is 1. The molecule has 2 nitrogen and oxygen atoms in total. The van der Waals surface area contributed by atoms with Crippen molar-refractivity contribution in [3.8, 4) is 0 Å². The summed E-state index contributed by atoms with van der Waals surface area (Å²) < 4.78 is 4.99. The zero-order chi connectivity index (χ0) is 12.4. The highest BCUT2D eigenvalue weighted by Crippen LogP contribution is 2.24. The van der Waals surface area contributed by atoms with Crippen LogP contribution in [-0.2, 0) is 6.42 Å². The quantitative estimate of drug-likeness (QED) is 0.875. The van der Waals surface area contributed by atoms with Gasteiger partial charge in [0.15, 0.2) is 0 Å². The number of aliphatic hydroxyl groups is 1. The Balaban J connectivity index is 2.25. The first-order valence-electron chi connectivity index (χ1n) is 5.85. The van der Waals surface area contributed by atoms with E-state index in [1.165, 1.54) is 22.3 Å². The van der Waals surface area contributed by atoms with Gasteiger partial charge < -0.3 is 9.52 Å². The first-order valence-corrected chi connectivity index (χ1v) is 5.85. The summed E-state index contributed by atoms with van der Waals surface area (Å²) in [6.07, 6.45) is 3.34. The Morgan fingerprint density at radius 2 is 1.82 bits per heavy atom. The average molecular weight is 230 g/mol. The third-order valence-electron chi connectivity index (χ3n) is 3.17. The fourth-order valence-electron chi connectivity index (χ4n) is 2.31. The van der Waals surface area contributed by atoms with Gasteiger partial charge in [-0.15, -0.1) is 0 Å². The molecule has 0 aliphatic carbocycles. The van der Waals surface area contributed by atoms with Crippen LogP contribution in [0.2, 0.25) is 0 Å². The van der Waals surface area contributed by atoms with Gasteiger partial charge in [-0.05, 0) is 43.5 Å². The van der Waals surface area contributed by atoms with Crippen molar-refractivity contribution in [2.45, 2.75) is 33.3 Å². The van der Waals surface area contributed by atoms with Crippen molar-refractivity contribution in [3.05, 3.63) is 58.5 Å². The van der Waals surface area contributed by atoms with E-state index in [1.807, 2.05) is 6.07 Å². The van der Waals surface area contributed by atoms with Crippen LogP contribution in [0.1, 0.15) is 33.9 Å². The third-order valence-corrected chi connectivity index (χ3v) is 3.17. The Hall–Kier alpha value is -1.54. The lowest BCUT2D eigenvalue weighted by Crippen LogP contribution is -2.04. The minimum atomic E-state index is -0.492. The van der Waals surface area contributed by atoms with Crippen LogP contribution in [-0.4, -0.2) is 5.11 Å². The lowest BCUT2D eigenvalue weighted by molar-refractivity contribution is 0.177. The van der Waals surface area contributed by atoms with E-state index in [2.05, 4.69) is 32.9 Å². The molecule has 1 aromatic heterocycles. The van der Waals surface area contributed by atoms with E-state index in [-0.39, 0.29) is 0 Å². The average Bonchev–Trinajstić information content (AvgIpc) is 2.76. The third kappa shape index (κ3) is 2.59. The van der Waals surface area contributed by atoms with Crippen LogP contribution in [0.5, 0.6) is 0 Å². The first kappa shape index (κ1) is 11.9. The van der Waals surface area contributed by atoms with Crippen LogP contribution in [0, 0.1) is 20.8 Å². The predicted octanol–water partition coefficient (Wildman–Crippen LogP) is 3.48. The molecule has 17 heavy (non-hydrogen) atoms. The van der Waals surface area contributed by atoms with Crippen molar-refractivity contribution in [3.63, 3.8) is 0 Å². The lowest BCUT2D eigenvalue weighted by atomic mass is 9.94. The summed E-state index contributed by atoms with van der Waals surface area (Å²) in [6, 6.07) is 6.12. The summed E-state index contributed by atoms with van der Waals surface area (Å²) in [6.45, 7) is 6.28. The van der Waals surface area contributed by atoms with Gasteiger partial charge in [0.05, 0.1) is 18.6 Å². The molecule has 0 aliphatic heterocycles. The molecule has 90 valence electrons. The highest BCUT2D eigenvalue weighted by Gasteiger charge is 2.13. The van der Waals surface area contributed by atoms with Crippen molar-refractivity contribution in [1.29, 1.82) is 0 Å². The molecule has 0 amide bonds. The molecule has 1 unspecified atom stereocenters. The van der Waals surface area contributed by atoms with Crippen LogP contribution in [0.15, 0.2) is 35.1 Å². The standard InChI is InChI=1S/C15H18O2/c1-10-6-11(2)14(12(3)7-10)8-15(16)13-4-5-17-9-13/h4-7,9,15-16H,8H2,1-3H3. The fraction of sp³-hybridized carbons (Fsp3) is 0.333. The van der Waals surface area contributed by atoms with Gasteiger partial charge in [0.2, 0.25) is 0 Å². The van der Waals surface area contributed by atoms with Crippen molar-refractivity contribution in [1.82, 2.24) is 0 Å². The zero-order valence-electron chi connectivity index (χ0n) is 10.5.